The second-order valence-corrected chi connectivity index (χ2v) is 5.54. The summed E-state index contributed by atoms with van der Waals surface area (Å²) in [5.41, 5.74) is 6.33. The topological polar surface area (TPSA) is 50.9 Å². The van der Waals surface area contributed by atoms with Gasteiger partial charge in [0.2, 0.25) is 0 Å². The minimum atomic E-state index is -0.258. The average Bonchev–Trinajstić information content (AvgIpc) is 2.76. The molecule has 2 atom stereocenters. The third-order valence-electron chi connectivity index (χ3n) is 4.32. The molecule has 5 heteroatoms. The first-order valence-corrected chi connectivity index (χ1v) is 7.12. The molecule has 1 spiro atoms. The first kappa shape index (κ1) is 13.4. The molecule has 2 heterocycles. The Labute approximate surface area is 118 Å². The van der Waals surface area contributed by atoms with E-state index >= 15 is 0 Å². The number of nitrogens with zero attached hydrogens (tertiary/aromatic N) is 2. The summed E-state index contributed by atoms with van der Waals surface area (Å²) in [6, 6.07) is 6.74. The Kier molecular flexibility index (Phi) is 3.38. The Morgan fingerprint density at radius 1 is 1.50 bits per heavy atom. The van der Waals surface area contributed by atoms with Crippen molar-refractivity contribution in [3.63, 3.8) is 0 Å². The largest absolute Gasteiger partial charge is 0.378 e. The summed E-state index contributed by atoms with van der Waals surface area (Å²) in [5.74, 6) is 0.151. The summed E-state index contributed by atoms with van der Waals surface area (Å²) in [6.45, 7) is 3.40. The molecule has 1 saturated heterocycles. The van der Waals surface area contributed by atoms with Crippen LogP contribution >= 0.6 is 0 Å². The van der Waals surface area contributed by atoms with Gasteiger partial charge >= 0.3 is 0 Å². The van der Waals surface area contributed by atoms with E-state index in [2.05, 4.69) is 11.9 Å². The van der Waals surface area contributed by atoms with Crippen molar-refractivity contribution < 1.29 is 9.13 Å². The van der Waals surface area contributed by atoms with Gasteiger partial charge in [0, 0.05) is 6.61 Å². The number of aliphatic imine (C=N–C) groups is 1. The van der Waals surface area contributed by atoms with E-state index in [1.807, 2.05) is 11.0 Å². The molecule has 2 N–H and O–H groups in total. The van der Waals surface area contributed by atoms with Crippen LogP contribution in [0.4, 0.5) is 10.1 Å². The summed E-state index contributed by atoms with van der Waals surface area (Å²) in [4.78, 5) is 6.26. The molecule has 1 aromatic rings. The molecule has 0 bridgehead atoms. The van der Waals surface area contributed by atoms with Crippen LogP contribution in [0.5, 0.6) is 0 Å². The molecule has 2 aliphatic rings. The number of para-hydroxylation sites is 1. The second-order valence-electron chi connectivity index (χ2n) is 5.54. The van der Waals surface area contributed by atoms with Gasteiger partial charge in [-0.1, -0.05) is 19.1 Å². The van der Waals surface area contributed by atoms with Crippen molar-refractivity contribution in [2.45, 2.75) is 37.8 Å². The number of rotatable bonds is 2. The van der Waals surface area contributed by atoms with E-state index in [9.17, 15) is 4.39 Å². The van der Waals surface area contributed by atoms with Crippen molar-refractivity contribution in [3.8, 4) is 0 Å². The molecule has 0 amide bonds. The number of ether oxygens (including phenoxy) is 1. The predicted molar refractivity (Wildman–Crippen MR) is 77.4 cm³/mol. The van der Waals surface area contributed by atoms with Gasteiger partial charge in [-0.2, -0.15) is 0 Å². The number of nitrogens with two attached hydrogens (primary N) is 1. The van der Waals surface area contributed by atoms with Crippen molar-refractivity contribution >= 4 is 11.6 Å². The Bertz CT molecular complexity index is 534. The van der Waals surface area contributed by atoms with E-state index in [4.69, 9.17) is 10.5 Å². The molecule has 0 radical (unpaired) electrons. The van der Waals surface area contributed by atoms with Crippen LogP contribution in [0.2, 0.25) is 0 Å². The van der Waals surface area contributed by atoms with Crippen LogP contribution in [0.3, 0.4) is 0 Å². The van der Waals surface area contributed by atoms with E-state index in [1.54, 1.807) is 12.1 Å². The maximum Gasteiger partial charge on any atom is 0.196 e. The van der Waals surface area contributed by atoms with Gasteiger partial charge in [0.1, 0.15) is 5.82 Å². The smallest absolute Gasteiger partial charge is 0.196 e. The highest BCUT2D eigenvalue weighted by Gasteiger charge is 2.47. The van der Waals surface area contributed by atoms with Gasteiger partial charge in [0.05, 0.1) is 23.9 Å². The Morgan fingerprint density at radius 3 is 3.05 bits per heavy atom. The minimum Gasteiger partial charge on any atom is -0.378 e. The second kappa shape index (κ2) is 5.05. The van der Waals surface area contributed by atoms with Gasteiger partial charge < -0.3 is 15.4 Å². The van der Waals surface area contributed by atoms with Crippen molar-refractivity contribution in [2.24, 2.45) is 10.7 Å². The maximum absolute atomic E-state index is 14.1. The van der Waals surface area contributed by atoms with Gasteiger partial charge in [0.25, 0.3) is 0 Å². The lowest BCUT2D eigenvalue weighted by molar-refractivity contribution is -0.0152. The minimum absolute atomic E-state index is 0.194. The van der Waals surface area contributed by atoms with Gasteiger partial charge in [-0.15, -0.1) is 0 Å². The van der Waals surface area contributed by atoms with Crippen LogP contribution in [-0.2, 0) is 4.74 Å². The highest BCUT2D eigenvalue weighted by atomic mass is 19.1. The van der Waals surface area contributed by atoms with E-state index < -0.39 is 0 Å². The molecule has 2 unspecified atom stereocenters. The number of anilines is 1. The van der Waals surface area contributed by atoms with E-state index in [0.717, 1.165) is 19.3 Å². The van der Waals surface area contributed by atoms with Crippen molar-refractivity contribution in [3.05, 3.63) is 30.1 Å². The molecule has 0 aliphatic carbocycles. The quantitative estimate of drug-likeness (QED) is 0.902. The summed E-state index contributed by atoms with van der Waals surface area (Å²) >= 11 is 0. The highest BCUT2D eigenvalue weighted by Crippen LogP contribution is 2.39. The van der Waals surface area contributed by atoms with Crippen LogP contribution in [0.15, 0.2) is 29.3 Å². The molecule has 2 aliphatic heterocycles. The Morgan fingerprint density at radius 2 is 2.30 bits per heavy atom. The lowest BCUT2D eigenvalue weighted by atomic mass is 9.84. The Balaban J connectivity index is 1.98. The third kappa shape index (κ3) is 2.06. The fourth-order valence-electron chi connectivity index (χ4n) is 3.23. The van der Waals surface area contributed by atoms with E-state index in [-0.39, 0.29) is 17.5 Å². The molecule has 3 rings (SSSR count). The first-order valence-electron chi connectivity index (χ1n) is 7.12. The number of halogens is 1. The summed E-state index contributed by atoms with van der Waals surface area (Å²) in [7, 11) is 0. The maximum atomic E-state index is 14.1. The molecule has 4 nitrogen and oxygen atoms in total. The highest BCUT2D eigenvalue weighted by molar-refractivity contribution is 5.98. The number of hydrogen-bond donors (Lipinski definition) is 1. The van der Waals surface area contributed by atoms with Crippen LogP contribution < -0.4 is 10.6 Å². The molecular formula is C15H20FN3O. The van der Waals surface area contributed by atoms with Crippen molar-refractivity contribution in [2.75, 3.05) is 18.1 Å². The zero-order chi connectivity index (χ0) is 14.2. The first-order chi connectivity index (χ1) is 9.66. The molecular weight excluding hydrogens is 257 g/mol. The van der Waals surface area contributed by atoms with Gasteiger partial charge in [0.15, 0.2) is 5.96 Å². The SMILES string of the molecule is CCC1CC2(CCO1)CN=C(N)N2c1ccccc1F. The van der Waals surface area contributed by atoms with Crippen LogP contribution in [0.1, 0.15) is 26.2 Å². The van der Waals surface area contributed by atoms with Gasteiger partial charge in [-0.3, -0.25) is 4.99 Å². The number of guanidine groups is 1. The lowest BCUT2D eigenvalue weighted by Crippen LogP contribution is -2.56. The molecule has 0 saturated carbocycles. The van der Waals surface area contributed by atoms with Crippen LogP contribution in [-0.4, -0.2) is 30.8 Å². The summed E-state index contributed by atoms with van der Waals surface area (Å²) in [5, 5.41) is 0. The fourth-order valence-corrected chi connectivity index (χ4v) is 3.23. The fraction of sp³-hybridized carbons (Fsp3) is 0.533. The van der Waals surface area contributed by atoms with Gasteiger partial charge in [-0.25, -0.2) is 4.39 Å². The lowest BCUT2D eigenvalue weighted by Gasteiger charge is -2.44. The average molecular weight is 277 g/mol. The molecule has 1 aromatic carbocycles. The predicted octanol–water partition coefficient (Wildman–Crippen LogP) is 2.29. The van der Waals surface area contributed by atoms with Gasteiger partial charge in [-0.05, 0) is 31.4 Å². The molecule has 108 valence electrons. The summed E-state index contributed by atoms with van der Waals surface area (Å²) < 4.78 is 19.9. The standard InChI is InChI=1S/C15H20FN3O/c1-2-11-9-15(7-8-20-11)10-18-14(17)19(15)13-6-4-3-5-12(13)16/h3-6,11H,2,7-10H2,1H3,(H2,17,18). The van der Waals surface area contributed by atoms with Crippen molar-refractivity contribution in [1.82, 2.24) is 0 Å². The number of benzene rings is 1. The van der Waals surface area contributed by atoms with Crippen molar-refractivity contribution in [1.29, 1.82) is 0 Å². The van der Waals surface area contributed by atoms with E-state index in [1.165, 1.54) is 6.07 Å². The third-order valence-corrected chi connectivity index (χ3v) is 4.32. The van der Waals surface area contributed by atoms with Crippen LogP contribution in [0, 0.1) is 5.82 Å². The zero-order valence-corrected chi connectivity index (χ0v) is 11.7. The monoisotopic (exact) mass is 277 g/mol. The van der Waals surface area contributed by atoms with E-state index in [0.29, 0.717) is 24.8 Å². The normalized spacial score (nSPS) is 29.8. The molecule has 1 fully saturated rings. The zero-order valence-electron chi connectivity index (χ0n) is 11.7. The molecule has 0 aromatic heterocycles. The summed E-state index contributed by atoms with van der Waals surface area (Å²) in [6.07, 6.45) is 2.80. The van der Waals surface area contributed by atoms with Crippen LogP contribution in [0.25, 0.3) is 0 Å². The molecule has 20 heavy (non-hydrogen) atoms. The number of hydrogen-bond acceptors (Lipinski definition) is 4. The Hall–Kier alpha value is -1.62.